The third-order valence-corrected chi connectivity index (χ3v) is 10.9. The molecule has 2 aliphatic rings. The van der Waals surface area contributed by atoms with Gasteiger partial charge in [0.15, 0.2) is 26.0 Å². The van der Waals surface area contributed by atoms with Crippen LogP contribution in [-0.4, -0.2) is 52.3 Å². The maximum Gasteiger partial charge on any atom is 0.192 e. The molecule has 4 heterocycles. The minimum absolute atomic E-state index is 0.106. The first kappa shape index (κ1) is 18.8. The van der Waals surface area contributed by atoms with Crippen LogP contribution in [0.1, 0.15) is 40.3 Å². The van der Waals surface area contributed by atoms with E-state index in [-0.39, 0.29) is 23.5 Å². The number of rotatable bonds is 4. The van der Waals surface area contributed by atoms with E-state index in [1.807, 2.05) is 4.57 Å². The molecule has 0 saturated carbocycles. The van der Waals surface area contributed by atoms with Gasteiger partial charge in [-0.25, -0.2) is 15.0 Å². The van der Waals surface area contributed by atoms with E-state index >= 15 is 0 Å². The Hall–Kier alpha value is -1.55. The molecular formula is C18H29N5O3Si. The molecule has 0 spiro atoms. The number of anilines is 1. The molecule has 0 radical (unpaired) electrons. The number of hydrogen-bond donors (Lipinski definition) is 1. The Morgan fingerprint density at radius 2 is 2.07 bits per heavy atom. The fourth-order valence-electron chi connectivity index (χ4n) is 3.67. The van der Waals surface area contributed by atoms with Crippen LogP contribution in [0.5, 0.6) is 0 Å². The number of hydrogen-bond acceptors (Lipinski definition) is 7. The van der Waals surface area contributed by atoms with Crippen molar-refractivity contribution in [2.24, 2.45) is 0 Å². The molecule has 2 aromatic heterocycles. The van der Waals surface area contributed by atoms with Gasteiger partial charge in [-0.3, -0.25) is 4.57 Å². The lowest BCUT2D eigenvalue weighted by atomic mass is 9.96. The van der Waals surface area contributed by atoms with Gasteiger partial charge >= 0.3 is 0 Å². The number of nitrogens with zero attached hydrogens (tertiary/aromatic N) is 4. The predicted octanol–water partition coefficient (Wildman–Crippen LogP) is 2.88. The van der Waals surface area contributed by atoms with Gasteiger partial charge in [-0.15, -0.1) is 0 Å². The van der Waals surface area contributed by atoms with Crippen LogP contribution in [0, 0.1) is 0 Å². The van der Waals surface area contributed by atoms with Gasteiger partial charge in [0.1, 0.15) is 29.7 Å². The molecule has 27 heavy (non-hydrogen) atoms. The maximum atomic E-state index is 6.81. The molecule has 0 aliphatic carbocycles. The smallest absolute Gasteiger partial charge is 0.192 e. The van der Waals surface area contributed by atoms with E-state index in [0.717, 1.165) is 6.42 Å². The molecule has 8 nitrogen and oxygen atoms in total. The highest BCUT2D eigenvalue weighted by atomic mass is 28.4. The van der Waals surface area contributed by atoms with Gasteiger partial charge in [0.05, 0.1) is 12.9 Å². The second-order valence-electron chi connectivity index (χ2n) is 9.08. The lowest BCUT2D eigenvalue weighted by molar-refractivity contribution is -0.173. The van der Waals surface area contributed by atoms with Gasteiger partial charge in [-0.1, -0.05) is 27.7 Å². The van der Waals surface area contributed by atoms with Crippen molar-refractivity contribution < 1.29 is 13.9 Å². The summed E-state index contributed by atoms with van der Waals surface area (Å²) in [7, 11) is -1.98. The van der Waals surface area contributed by atoms with Gasteiger partial charge < -0.3 is 19.6 Å². The summed E-state index contributed by atoms with van der Waals surface area (Å²) in [5.74, 6) is 0.363. The standard InChI is InChI=1S/C18H29N5O3Si/c1-7-18-8-24-12(13(18)26-27(5,6)17(2,3)4)16(25-18)23-10-22-11-14(19)20-9-21-15(11)23/h9-10,12-13,16H,7-8H2,1-6H3,(H2,19,20,21)/t12?,13-,16-,18+/m1/s1. The first-order valence-corrected chi connectivity index (χ1v) is 12.4. The molecule has 2 N–H and O–H groups in total. The summed E-state index contributed by atoms with van der Waals surface area (Å²) in [6.07, 6.45) is 3.33. The zero-order chi connectivity index (χ0) is 19.6. The zero-order valence-electron chi connectivity index (χ0n) is 16.9. The van der Waals surface area contributed by atoms with Crippen molar-refractivity contribution in [3.05, 3.63) is 12.7 Å². The number of aromatic nitrogens is 4. The summed E-state index contributed by atoms with van der Waals surface area (Å²) >= 11 is 0. The van der Waals surface area contributed by atoms with E-state index in [0.29, 0.717) is 23.6 Å². The Kier molecular flexibility index (Phi) is 4.16. The number of nitrogens with two attached hydrogens (primary N) is 1. The number of imidazole rings is 1. The molecule has 9 heteroatoms. The lowest BCUT2D eigenvalue weighted by Crippen LogP contribution is -2.51. The molecule has 4 atom stereocenters. The van der Waals surface area contributed by atoms with Crippen molar-refractivity contribution in [3.8, 4) is 0 Å². The lowest BCUT2D eigenvalue weighted by Gasteiger charge is -2.40. The van der Waals surface area contributed by atoms with E-state index in [4.69, 9.17) is 19.6 Å². The average Bonchev–Trinajstić information content (AvgIpc) is 3.24. The van der Waals surface area contributed by atoms with Crippen LogP contribution in [0.15, 0.2) is 12.7 Å². The van der Waals surface area contributed by atoms with Gasteiger partial charge in [-0.05, 0) is 24.6 Å². The van der Waals surface area contributed by atoms with Crippen molar-refractivity contribution >= 4 is 25.3 Å². The van der Waals surface area contributed by atoms with E-state index in [1.54, 1.807) is 6.33 Å². The summed E-state index contributed by atoms with van der Waals surface area (Å²) in [4.78, 5) is 12.8. The molecule has 2 saturated heterocycles. The second kappa shape index (κ2) is 5.97. The van der Waals surface area contributed by atoms with Crippen LogP contribution in [0.3, 0.4) is 0 Å². The van der Waals surface area contributed by atoms with Crippen molar-refractivity contribution in [2.75, 3.05) is 12.3 Å². The number of nitrogen functional groups attached to an aromatic ring is 1. The molecule has 2 bridgehead atoms. The summed E-state index contributed by atoms with van der Waals surface area (Å²) in [5, 5.41) is 0.114. The highest BCUT2D eigenvalue weighted by molar-refractivity contribution is 6.74. The Morgan fingerprint density at radius 1 is 1.33 bits per heavy atom. The Balaban J connectivity index is 1.71. The second-order valence-corrected chi connectivity index (χ2v) is 13.8. The summed E-state index contributed by atoms with van der Waals surface area (Å²) < 4.78 is 21.4. The SMILES string of the molecule is CC[C@@]12COC([C@H](n3cnc4c(N)ncnc43)O1)[C@H]2O[Si](C)(C)C(C)(C)C. The number of ether oxygens (including phenoxy) is 2. The van der Waals surface area contributed by atoms with E-state index < -0.39 is 13.9 Å². The highest BCUT2D eigenvalue weighted by Gasteiger charge is 2.63. The van der Waals surface area contributed by atoms with Gasteiger partial charge in [0.2, 0.25) is 0 Å². The van der Waals surface area contributed by atoms with E-state index in [1.165, 1.54) is 6.33 Å². The molecule has 2 aromatic rings. The average molecular weight is 392 g/mol. The largest absolute Gasteiger partial charge is 0.408 e. The van der Waals surface area contributed by atoms with E-state index in [9.17, 15) is 0 Å². The highest BCUT2D eigenvalue weighted by Crippen LogP contribution is 2.51. The van der Waals surface area contributed by atoms with Crippen LogP contribution >= 0.6 is 0 Å². The molecular weight excluding hydrogens is 362 g/mol. The third-order valence-electron chi connectivity index (χ3n) is 6.46. The van der Waals surface area contributed by atoms with Crippen molar-refractivity contribution in [2.45, 2.75) is 76.3 Å². The van der Waals surface area contributed by atoms with Crippen molar-refractivity contribution in [3.63, 3.8) is 0 Å². The van der Waals surface area contributed by atoms with E-state index in [2.05, 4.69) is 55.7 Å². The maximum absolute atomic E-state index is 6.81. The molecule has 2 aliphatic heterocycles. The summed E-state index contributed by atoms with van der Waals surface area (Å²) in [6, 6.07) is 0. The van der Waals surface area contributed by atoms with Crippen LogP contribution in [0.2, 0.25) is 18.1 Å². The molecule has 148 valence electrons. The fraction of sp³-hybridized carbons (Fsp3) is 0.722. The molecule has 2 fully saturated rings. The fourth-order valence-corrected chi connectivity index (χ4v) is 5.01. The normalized spacial score (nSPS) is 31.1. The summed E-state index contributed by atoms with van der Waals surface area (Å²) in [5.41, 5.74) is 6.73. The van der Waals surface area contributed by atoms with Crippen LogP contribution in [0.25, 0.3) is 11.2 Å². The minimum Gasteiger partial charge on any atom is -0.408 e. The number of fused-ring (bicyclic) bond motifs is 3. The molecule has 1 unspecified atom stereocenters. The van der Waals surface area contributed by atoms with Crippen molar-refractivity contribution in [1.29, 1.82) is 0 Å². The predicted molar refractivity (Wildman–Crippen MR) is 105 cm³/mol. The van der Waals surface area contributed by atoms with Crippen molar-refractivity contribution in [1.82, 2.24) is 19.5 Å². The topological polar surface area (TPSA) is 97.3 Å². The van der Waals surface area contributed by atoms with Crippen LogP contribution in [0.4, 0.5) is 5.82 Å². The van der Waals surface area contributed by atoms with Crippen LogP contribution < -0.4 is 5.73 Å². The van der Waals surface area contributed by atoms with Gasteiger partial charge in [0.25, 0.3) is 0 Å². The molecule has 4 rings (SSSR count). The third kappa shape index (κ3) is 2.71. The van der Waals surface area contributed by atoms with Crippen LogP contribution in [-0.2, 0) is 13.9 Å². The van der Waals surface area contributed by atoms with Gasteiger partial charge in [0, 0.05) is 0 Å². The Morgan fingerprint density at radius 3 is 2.74 bits per heavy atom. The molecule has 0 amide bonds. The Labute approximate surface area is 160 Å². The minimum atomic E-state index is -1.98. The zero-order valence-corrected chi connectivity index (χ0v) is 17.9. The first-order chi connectivity index (χ1) is 12.6. The monoisotopic (exact) mass is 391 g/mol. The summed E-state index contributed by atoms with van der Waals surface area (Å²) in [6.45, 7) is 14.0. The first-order valence-electron chi connectivity index (χ1n) is 9.50. The quantitative estimate of drug-likeness (QED) is 0.800. The van der Waals surface area contributed by atoms with Gasteiger partial charge in [-0.2, -0.15) is 0 Å². The molecule has 0 aromatic carbocycles. The Bertz CT molecular complexity index is 864.